The number of aromatic nitrogens is 1. The van der Waals surface area contributed by atoms with Crippen molar-refractivity contribution in [1.29, 1.82) is 0 Å². The van der Waals surface area contributed by atoms with E-state index in [9.17, 15) is 9.59 Å². The number of amides is 3. The summed E-state index contributed by atoms with van der Waals surface area (Å²) < 4.78 is 0. The Morgan fingerprint density at radius 1 is 0.774 bits per heavy atom. The van der Waals surface area contributed by atoms with E-state index in [4.69, 9.17) is 0 Å². The second-order valence-corrected chi connectivity index (χ2v) is 7.81. The minimum atomic E-state index is -0.309. The van der Waals surface area contributed by atoms with Crippen molar-refractivity contribution in [2.75, 3.05) is 10.6 Å². The lowest BCUT2D eigenvalue weighted by Crippen LogP contribution is -2.34. The monoisotopic (exact) mass is 416 g/mol. The molecule has 6 nitrogen and oxygen atoms in total. The topological polar surface area (TPSA) is 83.1 Å². The van der Waals surface area contributed by atoms with Crippen LogP contribution in [0.4, 0.5) is 16.2 Å². The highest BCUT2D eigenvalue weighted by Crippen LogP contribution is 2.25. The first-order chi connectivity index (χ1) is 14.9. The summed E-state index contributed by atoms with van der Waals surface area (Å²) in [7, 11) is 0. The molecule has 31 heavy (non-hydrogen) atoms. The lowest BCUT2D eigenvalue weighted by atomic mass is 9.88. The van der Waals surface area contributed by atoms with Gasteiger partial charge in [0.1, 0.15) is 0 Å². The number of rotatable bonds is 7. The molecule has 0 aliphatic rings. The van der Waals surface area contributed by atoms with E-state index in [1.807, 2.05) is 87.5 Å². The predicted octanol–water partition coefficient (Wildman–Crippen LogP) is 5.34. The van der Waals surface area contributed by atoms with Gasteiger partial charge in [-0.3, -0.25) is 9.78 Å². The average Bonchev–Trinajstić information content (AvgIpc) is 2.75. The summed E-state index contributed by atoms with van der Waals surface area (Å²) in [5, 5.41) is 8.69. The summed E-state index contributed by atoms with van der Waals surface area (Å²) in [4.78, 5) is 29.2. The van der Waals surface area contributed by atoms with Gasteiger partial charge in [0, 0.05) is 23.8 Å². The van der Waals surface area contributed by atoms with Gasteiger partial charge in [0.15, 0.2) is 0 Å². The molecule has 0 bridgehead atoms. The van der Waals surface area contributed by atoms with Crippen LogP contribution in [-0.2, 0) is 4.79 Å². The quantitative estimate of drug-likeness (QED) is 0.486. The highest BCUT2D eigenvalue weighted by molar-refractivity contribution is 5.99. The number of anilines is 2. The van der Waals surface area contributed by atoms with Crippen molar-refractivity contribution in [1.82, 2.24) is 10.3 Å². The molecule has 3 aromatic rings. The third-order valence-corrected chi connectivity index (χ3v) is 5.05. The van der Waals surface area contributed by atoms with Gasteiger partial charge in [-0.1, -0.05) is 50.2 Å². The number of pyridine rings is 1. The molecule has 0 aliphatic heterocycles. The van der Waals surface area contributed by atoms with Crippen molar-refractivity contribution in [3.05, 3.63) is 90.3 Å². The minimum absolute atomic E-state index is 0.0278. The fraction of sp³-hybridized carbons (Fsp3) is 0.240. The van der Waals surface area contributed by atoms with Crippen LogP contribution in [0.15, 0.2) is 79.1 Å². The van der Waals surface area contributed by atoms with Crippen LogP contribution in [-0.4, -0.2) is 16.9 Å². The predicted molar refractivity (Wildman–Crippen MR) is 124 cm³/mol. The number of urea groups is 1. The van der Waals surface area contributed by atoms with Crippen molar-refractivity contribution >= 4 is 23.3 Å². The lowest BCUT2D eigenvalue weighted by molar-refractivity contribution is -0.124. The molecule has 0 unspecified atom stereocenters. The Balaban J connectivity index is 1.60. The van der Waals surface area contributed by atoms with Gasteiger partial charge in [0.05, 0.1) is 12.0 Å². The molecular weight excluding hydrogens is 388 g/mol. The Hall–Kier alpha value is -3.67. The average molecular weight is 417 g/mol. The molecule has 0 saturated heterocycles. The molecule has 0 spiro atoms. The van der Waals surface area contributed by atoms with Crippen molar-refractivity contribution in [2.45, 2.75) is 32.7 Å². The first kappa shape index (κ1) is 22.0. The number of nitrogens with one attached hydrogen (secondary N) is 3. The van der Waals surface area contributed by atoms with Gasteiger partial charge in [0.25, 0.3) is 0 Å². The molecule has 0 aliphatic carbocycles. The van der Waals surface area contributed by atoms with Gasteiger partial charge in [-0.25, -0.2) is 4.79 Å². The standard InChI is InChI=1S/C25H28N4O2/c1-17(2)23(20-8-7-15-26-16-20)24(30)27-18(3)19-11-13-22(14-12-19)29-25(31)28-21-9-5-4-6-10-21/h4-18,23H,1-3H3,(H,27,30)(H2,28,29,31)/t18-,23+/m1/s1. The van der Waals surface area contributed by atoms with Gasteiger partial charge in [-0.2, -0.15) is 0 Å². The third kappa shape index (κ3) is 6.15. The molecule has 6 heteroatoms. The fourth-order valence-corrected chi connectivity index (χ4v) is 3.46. The summed E-state index contributed by atoms with van der Waals surface area (Å²) in [5.74, 6) is -0.148. The highest BCUT2D eigenvalue weighted by Gasteiger charge is 2.25. The van der Waals surface area contributed by atoms with E-state index in [-0.39, 0.29) is 29.8 Å². The van der Waals surface area contributed by atoms with Crippen LogP contribution in [0.2, 0.25) is 0 Å². The SMILES string of the molecule is CC(C)[C@H](C(=O)N[C@H](C)c1ccc(NC(=O)Nc2ccccc2)cc1)c1cccnc1. The first-order valence-corrected chi connectivity index (χ1v) is 10.4. The molecule has 3 rings (SSSR count). The van der Waals surface area contributed by atoms with E-state index in [1.165, 1.54) is 0 Å². The number of para-hydroxylation sites is 1. The summed E-state index contributed by atoms with van der Waals surface area (Å²) in [6.07, 6.45) is 3.45. The molecule has 160 valence electrons. The van der Waals surface area contributed by atoms with Crippen molar-refractivity contribution in [3.63, 3.8) is 0 Å². The van der Waals surface area contributed by atoms with Crippen molar-refractivity contribution in [2.24, 2.45) is 5.92 Å². The molecule has 1 heterocycles. The Labute approximate surface area is 183 Å². The summed E-state index contributed by atoms with van der Waals surface area (Å²) >= 11 is 0. The second kappa shape index (κ2) is 10.4. The summed E-state index contributed by atoms with van der Waals surface area (Å²) in [5.41, 5.74) is 3.26. The zero-order valence-electron chi connectivity index (χ0n) is 18.0. The highest BCUT2D eigenvalue weighted by atomic mass is 16.2. The molecule has 3 N–H and O–H groups in total. The Morgan fingerprint density at radius 2 is 1.42 bits per heavy atom. The number of carbonyl (C=O) groups is 2. The Bertz CT molecular complexity index is 989. The molecule has 0 fully saturated rings. The molecule has 0 saturated carbocycles. The molecule has 2 aromatic carbocycles. The van der Waals surface area contributed by atoms with Gasteiger partial charge in [-0.05, 0) is 54.3 Å². The van der Waals surface area contributed by atoms with Crippen LogP contribution in [0, 0.1) is 5.92 Å². The van der Waals surface area contributed by atoms with Crippen LogP contribution in [0.5, 0.6) is 0 Å². The van der Waals surface area contributed by atoms with E-state index < -0.39 is 0 Å². The van der Waals surface area contributed by atoms with E-state index >= 15 is 0 Å². The normalized spacial score (nSPS) is 12.6. The molecule has 2 atom stereocenters. The Kier molecular flexibility index (Phi) is 7.38. The van der Waals surface area contributed by atoms with E-state index in [1.54, 1.807) is 12.4 Å². The number of benzene rings is 2. The molecular formula is C25H28N4O2. The number of hydrogen-bond acceptors (Lipinski definition) is 3. The van der Waals surface area contributed by atoms with Crippen LogP contribution < -0.4 is 16.0 Å². The summed E-state index contributed by atoms with van der Waals surface area (Å²) in [6.45, 7) is 6.01. The van der Waals surface area contributed by atoms with Crippen LogP contribution in [0.25, 0.3) is 0 Å². The zero-order valence-corrected chi connectivity index (χ0v) is 18.0. The van der Waals surface area contributed by atoms with E-state index in [0.29, 0.717) is 5.69 Å². The van der Waals surface area contributed by atoms with Crippen LogP contribution in [0.3, 0.4) is 0 Å². The molecule has 1 aromatic heterocycles. The van der Waals surface area contributed by atoms with Gasteiger partial charge >= 0.3 is 6.03 Å². The third-order valence-electron chi connectivity index (χ3n) is 5.05. The van der Waals surface area contributed by atoms with E-state index in [2.05, 4.69) is 20.9 Å². The smallest absolute Gasteiger partial charge is 0.323 e. The van der Waals surface area contributed by atoms with Crippen molar-refractivity contribution in [3.8, 4) is 0 Å². The zero-order chi connectivity index (χ0) is 22.2. The van der Waals surface area contributed by atoms with Gasteiger partial charge in [0.2, 0.25) is 5.91 Å². The lowest BCUT2D eigenvalue weighted by Gasteiger charge is -2.23. The van der Waals surface area contributed by atoms with Gasteiger partial charge < -0.3 is 16.0 Å². The van der Waals surface area contributed by atoms with Crippen molar-refractivity contribution < 1.29 is 9.59 Å². The minimum Gasteiger partial charge on any atom is -0.349 e. The van der Waals surface area contributed by atoms with Crippen LogP contribution >= 0.6 is 0 Å². The first-order valence-electron chi connectivity index (χ1n) is 10.4. The maximum absolute atomic E-state index is 13.0. The van der Waals surface area contributed by atoms with E-state index in [0.717, 1.165) is 16.8 Å². The van der Waals surface area contributed by atoms with Crippen LogP contribution in [0.1, 0.15) is 43.9 Å². The second-order valence-electron chi connectivity index (χ2n) is 7.81. The molecule has 3 amide bonds. The van der Waals surface area contributed by atoms with Gasteiger partial charge in [-0.15, -0.1) is 0 Å². The number of carbonyl (C=O) groups excluding carboxylic acids is 2. The Morgan fingerprint density at radius 3 is 2.00 bits per heavy atom. The maximum atomic E-state index is 13.0. The largest absolute Gasteiger partial charge is 0.349 e. The number of hydrogen-bond donors (Lipinski definition) is 3. The molecule has 0 radical (unpaired) electrons. The maximum Gasteiger partial charge on any atom is 0.323 e. The summed E-state index contributed by atoms with van der Waals surface area (Å²) in [6, 6.07) is 20.0. The number of nitrogens with zero attached hydrogens (tertiary/aromatic N) is 1. The fourth-order valence-electron chi connectivity index (χ4n) is 3.46.